The molecular weight excluding hydrogens is 144 g/mol. The second kappa shape index (κ2) is 2.16. The monoisotopic (exact) mass is 148 g/mol. The summed E-state index contributed by atoms with van der Waals surface area (Å²) >= 11 is 0. The maximum atomic E-state index is 10.3. The largest absolute Gasteiger partial charge is 0.442 e. The van der Waals surface area contributed by atoms with Crippen LogP contribution in [0.5, 0.6) is 0 Å². The molecule has 0 aliphatic heterocycles. The van der Waals surface area contributed by atoms with Crippen molar-refractivity contribution in [1.82, 2.24) is 9.97 Å². The zero-order valence-corrected chi connectivity index (χ0v) is 5.52. The van der Waals surface area contributed by atoms with Crippen molar-refractivity contribution in [2.45, 2.75) is 0 Å². The van der Waals surface area contributed by atoms with E-state index in [9.17, 15) is 4.79 Å². The Morgan fingerprint density at radius 1 is 1.45 bits per heavy atom. The van der Waals surface area contributed by atoms with Gasteiger partial charge in [0.1, 0.15) is 0 Å². The molecule has 0 aromatic carbocycles. The van der Waals surface area contributed by atoms with Crippen molar-refractivity contribution in [1.29, 1.82) is 0 Å². The third kappa shape index (κ3) is 0.881. The number of hydrogen-bond acceptors (Lipinski definition) is 4. The molecule has 0 unspecified atom stereocenters. The summed E-state index contributed by atoms with van der Waals surface area (Å²) in [5.74, 6) is 0. The Bertz CT molecular complexity index is 394. The Labute approximate surface area is 61.9 Å². The Kier molecular flexibility index (Phi) is 1.18. The molecular formula is C7H4N2O2. The zero-order chi connectivity index (χ0) is 7.68. The highest BCUT2D eigenvalue weighted by atomic mass is 16.3. The fourth-order valence-corrected chi connectivity index (χ4v) is 0.834. The van der Waals surface area contributed by atoms with E-state index in [1.165, 1.54) is 12.6 Å². The van der Waals surface area contributed by atoms with Crippen molar-refractivity contribution >= 4 is 17.5 Å². The summed E-state index contributed by atoms with van der Waals surface area (Å²) < 4.78 is 4.93. The molecule has 0 atom stereocenters. The fraction of sp³-hybridized carbons (Fsp3) is 0. The smallest absolute Gasteiger partial charge is 0.198 e. The number of nitrogens with zero attached hydrogens (tertiary/aromatic N) is 2. The predicted octanol–water partition coefficient (Wildman–Crippen LogP) is 1.04. The maximum absolute atomic E-state index is 10.3. The number of hydrogen-bond donors (Lipinski definition) is 0. The summed E-state index contributed by atoms with van der Waals surface area (Å²) in [6.45, 7) is 0. The molecule has 0 aliphatic rings. The van der Waals surface area contributed by atoms with Gasteiger partial charge in [-0.2, -0.15) is 4.98 Å². The summed E-state index contributed by atoms with van der Waals surface area (Å²) in [5.41, 5.74) is 1.56. The first-order valence-electron chi connectivity index (χ1n) is 3.04. The van der Waals surface area contributed by atoms with Gasteiger partial charge in [0.25, 0.3) is 0 Å². The van der Waals surface area contributed by atoms with E-state index in [0.717, 1.165) is 6.29 Å². The minimum absolute atomic E-state index is 0.495. The van der Waals surface area contributed by atoms with Crippen molar-refractivity contribution in [3.63, 3.8) is 0 Å². The molecule has 0 aliphatic carbocycles. The fourth-order valence-electron chi connectivity index (χ4n) is 0.834. The second-order valence-corrected chi connectivity index (χ2v) is 2.06. The van der Waals surface area contributed by atoms with Gasteiger partial charge in [0.15, 0.2) is 23.9 Å². The van der Waals surface area contributed by atoms with Crippen LogP contribution in [0, 0.1) is 0 Å². The molecule has 2 aromatic rings. The lowest BCUT2D eigenvalue weighted by Crippen LogP contribution is -1.81. The van der Waals surface area contributed by atoms with Crippen LogP contribution in [0.1, 0.15) is 10.4 Å². The van der Waals surface area contributed by atoms with Crippen LogP contribution in [-0.2, 0) is 0 Å². The lowest BCUT2D eigenvalue weighted by Gasteiger charge is -1.86. The van der Waals surface area contributed by atoms with E-state index < -0.39 is 0 Å². The standard InChI is InChI=1S/C7H4N2O2/c10-3-5-1-6-7(8-2-5)9-4-11-6/h1-4H. The van der Waals surface area contributed by atoms with Gasteiger partial charge in [-0.1, -0.05) is 0 Å². The summed E-state index contributed by atoms with van der Waals surface area (Å²) in [6.07, 6.45) is 3.47. The van der Waals surface area contributed by atoms with Crippen LogP contribution in [0.2, 0.25) is 0 Å². The van der Waals surface area contributed by atoms with Crippen molar-refractivity contribution in [2.24, 2.45) is 0 Å². The number of rotatable bonds is 1. The summed E-state index contributed by atoms with van der Waals surface area (Å²) in [4.78, 5) is 17.9. The number of oxazole rings is 1. The van der Waals surface area contributed by atoms with Gasteiger partial charge >= 0.3 is 0 Å². The van der Waals surface area contributed by atoms with Crippen molar-refractivity contribution < 1.29 is 9.21 Å². The SMILES string of the molecule is O=Cc1cnc2ncoc2c1. The van der Waals surface area contributed by atoms with Crippen LogP contribution in [0.25, 0.3) is 11.2 Å². The molecule has 11 heavy (non-hydrogen) atoms. The highest BCUT2D eigenvalue weighted by Gasteiger charge is 1.99. The van der Waals surface area contributed by atoms with Crippen LogP contribution < -0.4 is 0 Å². The van der Waals surface area contributed by atoms with Crippen LogP contribution in [-0.4, -0.2) is 16.3 Å². The first-order valence-corrected chi connectivity index (χ1v) is 3.04. The summed E-state index contributed by atoms with van der Waals surface area (Å²) in [5, 5.41) is 0. The predicted molar refractivity (Wildman–Crippen MR) is 37.2 cm³/mol. The van der Waals surface area contributed by atoms with Crippen LogP contribution >= 0.6 is 0 Å². The number of carbonyl (C=O) groups is 1. The molecule has 54 valence electrons. The van der Waals surface area contributed by atoms with Crippen molar-refractivity contribution in [3.8, 4) is 0 Å². The second-order valence-electron chi connectivity index (χ2n) is 2.06. The van der Waals surface area contributed by atoms with E-state index in [-0.39, 0.29) is 0 Å². The van der Waals surface area contributed by atoms with Gasteiger partial charge in [-0.05, 0) is 6.07 Å². The number of aldehydes is 1. The lowest BCUT2D eigenvalue weighted by molar-refractivity contribution is 0.112. The molecule has 0 N–H and O–H groups in total. The number of pyridine rings is 1. The Balaban J connectivity index is 2.76. The Morgan fingerprint density at radius 2 is 2.36 bits per heavy atom. The van der Waals surface area contributed by atoms with E-state index in [4.69, 9.17) is 4.42 Å². The third-order valence-corrected chi connectivity index (χ3v) is 1.34. The van der Waals surface area contributed by atoms with Crippen molar-refractivity contribution in [2.75, 3.05) is 0 Å². The molecule has 2 aromatic heterocycles. The molecule has 0 radical (unpaired) electrons. The molecule has 0 fully saturated rings. The zero-order valence-electron chi connectivity index (χ0n) is 5.52. The van der Waals surface area contributed by atoms with E-state index >= 15 is 0 Å². The average molecular weight is 148 g/mol. The van der Waals surface area contributed by atoms with Gasteiger partial charge in [0, 0.05) is 11.8 Å². The summed E-state index contributed by atoms with van der Waals surface area (Å²) in [6, 6.07) is 1.60. The van der Waals surface area contributed by atoms with Crippen LogP contribution in [0.15, 0.2) is 23.1 Å². The van der Waals surface area contributed by atoms with E-state index in [1.807, 2.05) is 0 Å². The number of carbonyl (C=O) groups excluding carboxylic acids is 1. The third-order valence-electron chi connectivity index (χ3n) is 1.34. The molecule has 4 nitrogen and oxygen atoms in total. The van der Waals surface area contributed by atoms with Gasteiger partial charge in [-0.25, -0.2) is 4.98 Å². The van der Waals surface area contributed by atoms with E-state index in [2.05, 4.69) is 9.97 Å². The molecule has 2 rings (SSSR count). The topological polar surface area (TPSA) is 56.0 Å². The van der Waals surface area contributed by atoms with Gasteiger partial charge in [0.05, 0.1) is 0 Å². The van der Waals surface area contributed by atoms with E-state index in [0.29, 0.717) is 16.8 Å². The van der Waals surface area contributed by atoms with Gasteiger partial charge in [0.2, 0.25) is 0 Å². The normalized spacial score (nSPS) is 10.2. The highest BCUT2D eigenvalue weighted by molar-refractivity contribution is 5.80. The highest BCUT2D eigenvalue weighted by Crippen LogP contribution is 2.09. The molecule has 0 saturated heterocycles. The molecule has 2 heterocycles. The number of aromatic nitrogens is 2. The van der Waals surface area contributed by atoms with Gasteiger partial charge in [-0.3, -0.25) is 4.79 Å². The Morgan fingerprint density at radius 3 is 3.18 bits per heavy atom. The molecule has 4 heteroatoms. The minimum atomic E-state index is 0.495. The first-order chi connectivity index (χ1) is 5.40. The molecule has 0 amide bonds. The van der Waals surface area contributed by atoms with Gasteiger partial charge in [-0.15, -0.1) is 0 Å². The van der Waals surface area contributed by atoms with Gasteiger partial charge < -0.3 is 4.42 Å². The van der Waals surface area contributed by atoms with Crippen molar-refractivity contribution in [3.05, 3.63) is 24.2 Å². The summed E-state index contributed by atoms with van der Waals surface area (Å²) in [7, 11) is 0. The number of fused-ring (bicyclic) bond motifs is 1. The first kappa shape index (κ1) is 6.03. The van der Waals surface area contributed by atoms with E-state index in [1.54, 1.807) is 6.07 Å². The quantitative estimate of drug-likeness (QED) is 0.567. The van der Waals surface area contributed by atoms with Crippen LogP contribution in [0.3, 0.4) is 0 Å². The molecule has 0 bridgehead atoms. The lowest BCUT2D eigenvalue weighted by atomic mass is 10.3. The van der Waals surface area contributed by atoms with Crippen LogP contribution in [0.4, 0.5) is 0 Å². The average Bonchev–Trinajstić information content (AvgIpc) is 2.50. The molecule has 0 saturated carbocycles. The minimum Gasteiger partial charge on any atom is -0.442 e. The maximum Gasteiger partial charge on any atom is 0.198 e. The Hall–Kier alpha value is -1.71. The molecule has 0 spiro atoms.